The van der Waals surface area contributed by atoms with E-state index in [0.29, 0.717) is 47.7 Å². The van der Waals surface area contributed by atoms with Crippen LogP contribution in [-0.4, -0.2) is 43.7 Å². The van der Waals surface area contributed by atoms with E-state index in [1.54, 1.807) is 17.5 Å². The van der Waals surface area contributed by atoms with Crippen molar-refractivity contribution in [3.05, 3.63) is 63.9 Å². The number of pyridine rings is 2. The first-order valence-electron chi connectivity index (χ1n) is 10.6. The summed E-state index contributed by atoms with van der Waals surface area (Å²) in [5.74, 6) is -0.778. The van der Waals surface area contributed by atoms with Crippen molar-refractivity contribution < 1.29 is 13.2 Å². The number of aromatic amines is 1. The standard InChI is InChI=1S/C23H22F3N5O/c1-14-20(27-18-5-3-2-4-17(18)21(14)32)22-28-19-7-6-15(13-31(19)29-22)12-30-10-8-16(9-11-30)23(24,25)26/h2-7,13,16H,8-12H2,1H3,(H,27,32). The van der Waals surface area contributed by atoms with Crippen molar-refractivity contribution in [2.45, 2.75) is 32.5 Å². The van der Waals surface area contributed by atoms with Crippen LogP contribution in [0.15, 0.2) is 47.4 Å². The Morgan fingerprint density at radius 1 is 1.12 bits per heavy atom. The number of aromatic nitrogens is 4. The number of alkyl halides is 3. The molecule has 0 amide bonds. The highest BCUT2D eigenvalue weighted by Crippen LogP contribution is 2.34. The Labute approximate surface area is 181 Å². The summed E-state index contributed by atoms with van der Waals surface area (Å²) in [4.78, 5) is 22.6. The first-order chi connectivity index (χ1) is 15.3. The number of likely N-dealkylation sites (tertiary alicyclic amines) is 1. The molecular weight excluding hydrogens is 419 g/mol. The maximum atomic E-state index is 12.9. The molecule has 6 nitrogen and oxygen atoms in total. The maximum absolute atomic E-state index is 12.9. The average Bonchev–Trinajstić information content (AvgIpc) is 3.19. The van der Waals surface area contributed by atoms with E-state index in [-0.39, 0.29) is 18.3 Å². The Hall–Kier alpha value is -3.20. The van der Waals surface area contributed by atoms with Gasteiger partial charge in [-0.15, -0.1) is 5.10 Å². The van der Waals surface area contributed by atoms with E-state index in [4.69, 9.17) is 0 Å². The largest absolute Gasteiger partial charge is 0.391 e. The third-order valence-corrected chi connectivity index (χ3v) is 6.22. The van der Waals surface area contributed by atoms with Crippen LogP contribution >= 0.6 is 0 Å². The summed E-state index contributed by atoms with van der Waals surface area (Å²) in [5.41, 5.74) is 3.37. The summed E-state index contributed by atoms with van der Waals surface area (Å²) in [7, 11) is 0. The number of fused-ring (bicyclic) bond motifs is 2. The van der Waals surface area contributed by atoms with Crippen LogP contribution in [-0.2, 0) is 6.54 Å². The summed E-state index contributed by atoms with van der Waals surface area (Å²) < 4.78 is 40.3. The number of hydrogen-bond donors (Lipinski definition) is 1. The predicted molar refractivity (Wildman–Crippen MR) is 115 cm³/mol. The topological polar surface area (TPSA) is 66.3 Å². The summed E-state index contributed by atoms with van der Waals surface area (Å²) >= 11 is 0. The summed E-state index contributed by atoms with van der Waals surface area (Å²) in [6.07, 6.45) is -2.00. The van der Waals surface area contributed by atoms with Gasteiger partial charge >= 0.3 is 6.18 Å². The molecule has 0 spiro atoms. The molecule has 4 heterocycles. The van der Waals surface area contributed by atoms with Gasteiger partial charge in [-0.1, -0.05) is 18.2 Å². The molecule has 32 heavy (non-hydrogen) atoms. The molecule has 3 aromatic heterocycles. The lowest BCUT2D eigenvalue weighted by Gasteiger charge is -2.32. The molecule has 1 aliphatic rings. The maximum Gasteiger partial charge on any atom is 0.391 e. The second-order valence-corrected chi connectivity index (χ2v) is 8.37. The lowest BCUT2D eigenvalue weighted by molar-refractivity contribution is -0.185. The Balaban J connectivity index is 1.40. The normalized spacial score (nSPS) is 16.2. The van der Waals surface area contributed by atoms with Crippen molar-refractivity contribution in [2.75, 3.05) is 13.1 Å². The van der Waals surface area contributed by atoms with Crippen molar-refractivity contribution >= 4 is 16.6 Å². The fourth-order valence-corrected chi connectivity index (χ4v) is 4.36. The molecule has 1 N–H and O–H groups in total. The smallest absolute Gasteiger partial charge is 0.351 e. The second kappa shape index (κ2) is 7.74. The van der Waals surface area contributed by atoms with Gasteiger partial charge in [-0.05, 0) is 56.6 Å². The van der Waals surface area contributed by atoms with Gasteiger partial charge in [0.25, 0.3) is 0 Å². The Morgan fingerprint density at radius 2 is 1.88 bits per heavy atom. The van der Waals surface area contributed by atoms with Gasteiger partial charge in [-0.3, -0.25) is 9.69 Å². The van der Waals surface area contributed by atoms with E-state index >= 15 is 0 Å². The molecule has 1 saturated heterocycles. The molecule has 0 saturated carbocycles. The first kappa shape index (κ1) is 20.7. The Morgan fingerprint density at radius 3 is 2.62 bits per heavy atom. The van der Waals surface area contributed by atoms with Crippen LogP contribution in [0.3, 0.4) is 0 Å². The average molecular weight is 441 g/mol. The molecule has 166 valence electrons. The molecule has 9 heteroatoms. The SMILES string of the molecule is Cc1c(-c2nc3ccc(CN4CCC(C(F)(F)F)CC4)cn3n2)[nH]c2ccccc2c1=O. The fourth-order valence-electron chi connectivity index (χ4n) is 4.36. The number of benzene rings is 1. The Bertz CT molecular complexity index is 1350. The fraction of sp³-hybridized carbons (Fsp3) is 0.348. The van der Waals surface area contributed by atoms with Crippen LogP contribution in [0, 0.1) is 12.8 Å². The number of H-pyrrole nitrogens is 1. The summed E-state index contributed by atoms with van der Waals surface area (Å²) in [6.45, 7) is 3.15. The number of nitrogens with zero attached hydrogens (tertiary/aromatic N) is 4. The second-order valence-electron chi connectivity index (χ2n) is 8.37. The van der Waals surface area contributed by atoms with Gasteiger partial charge in [0.1, 0.15) is 0 Å². The van der Waals surface area contributed by atoms with Gasteiger partial charge in [-0.25, -0.2) is 9.50 Å². The van der Waals surface area contributed by atoms with Crippen LogP contribution in [0.25, 0.3) is 28.1 Å². The minimum atomic E-state index is -4.11. The van der Waals surface area contributed by atoms with Crippen molar-refractivity contribution in [1.82, 2.24) is 24.5 Å². The molecule has 0 bridgehead atoms. The molecule has 0 unspecified atom stereocenters. The zero-order valence-corrected chi connectivity index (χ0v) is 17.5. The highest BCUT2D eigenvalue weighted by molar-refractivity contribution is 5.82. The number of nitrogens with one attached hydrogen (secondary N) is 1. The van der Waals surface area contributed by atoms with Crippen LogP contribution in [0.2, 0.25) is 0 Å². The monoisotopic (exact) mass is 441 g/mol. The third kappa shape index (κ3) is 3.77. The minimum absolute atomic E-state index is 0.0591. The van der Waals surface area contributed by atoms with Gasteiger partial charge < -0.3 is 4.98 Å². The molecule has 1 fully saturated rings. The number of piperidine rings is 1. The van der Waals surface area contributed by atoms with E-state index in [1.165, 1.54) is 0 Å². The molecule has 4 aromatic rings. The van der Waals surface area contributed by atoms with Gasteiger partial charge in [0, 0.05) is 29.2 Å². The minimum Gasteiger partial charge on any atom is -0.351 e. The molecule has 0 radical (unpaired) electrons. The summed E-state index contributed by atoms with van der Waals surface area (Å²) in [6, 6.07) is 11.1. The van der Waals surface area contributed by atoms with E-state index in [2.05, 4.69) is 15.1 Å². The number of para-hydroxylation sites is 1. The van der Waals surface area contributed by atoms with Gasteiger partial charge in [0.15, 0.2) is 16.9 Å². The number of rotatable bonds is 3. The molecule has 5 rings (SSSR count). The molecule has 1 aliphatic heterocycles. The van der Waals surface area contributed by atoms with Gasteiger partial charge in [0.05, 0.1) is 11.6 Å². The molecule has 0 aliphatic carbocycles. The lowest BCUT2D eigenvalue weighted by atomic mass is 9.96. The predicted octanol–water partition coefficient (Wildman–Crippen LogP) is 4.32. The van der Waals surface area contributed by atoms with Gasteiger partial charge in [-0.2, -0.15) is 13.2 Å². The highest BCUT2D eigenvalue weighted by atomic mass is 19.4. The summed E-state index contributed by atoms with van der Waals surface area (Å²) in [5, 5.41) is 5.18. The van der Waals surface area contributed by atoms with Crippen molar-refractivity contribution in [3.63, 3.8) is 0 Å². The van der Waals surface area contributed by atoms with Crippen molar-refractivity contribution in [3.8, 4) is 11.5 Å². The molecule has 1 aromatic carbocycles. The number of halogens is 3. The van der Waals surface area contributed by atoms with Crippen LogP contribution in [0.1, 0.15) is 24.0 Å². The van der Waals surface area contributed by atoms with Crippen LogP contribution in [0.4, 0.5) is 13.2 Å². The van der Waals surface area contributed by atoms with E-state index in [9.17, 15) is 18.0 Å². The van der Waals surface area contributed by atoms with E-state index < -0.39 is 12.1 Å². The van der Waals surface area contributed by atoms with Gasteiger partial charge in [0.2, 0.25) is 0 Å². The first-order valence-corrected chi connectivity index (χ1v) is 10.6. The van der Waals surface area contributed by atoms with Crippen molar-refractivity contribution in [2.24, 2.45) is 5.92 Å². The third-order valence-electron chi connectivity index (χ3n) is 6.22. The highest BCUT2D eigenvalue weighted by Gasteiger charge is 2.40. The van der Waals surface area contributed by atoms with Crippen molar-refractivity contribution in [1.29, 1.82) is 0 Å². The van der Waals surface area contributed by atoms with E-state index in [1.807, 2.05) is 41.4 Å². The quantitative estimate of drug-likeness (QED) is 0.514. The Kier molecular flexibility index (Phi) is 5.00. The lowest BCUT2D eigenvalue weighted by Crippen LogP contribution is -2.38. The van der Waals surface area contributed by atoms with E-state index in [0.717, 1.165) is 11.1 Å². The van der Waals surface area contributed by atoms with Crippen LogP contribution in [0.5, 0.6) is 0 Å². The number of hydrogen-bond acceptors (Lipinski definition) is 4. The zero-order chi connectivity index (χ0) is 22.5. The van der Waals surface area contributed by atoms with Crippen LogP contribution < -0.4 is 5.43 Å². The molecule has 0 atom stereocenters. The zero-order valence-electron chi connectivity index (χ0n) is 17.5. The molecular formula is C23H22F3N5O.